The molecule has 0 saturated carbocycles. The first-order valence-corrected chi connectivity index (χ1v) is 17.2. The molecule has 0 radical (unpaired) electrons. The average Bonchev–Trinajstić information content (AvgIpc) is 3.36. The van der Waals surface area contributed by atoms with Gasteiger partial charge in [-0.1, -0.05) is 135 Å². The van der Waals surface area contributed by atoms with Crippen molar-refractivity contribution in [1.29, 1.82) is 0 Å². The predicted octanol–water partition coefficient (Wildman–Crippen LogP) is 8.26. The van der Waals surface area contributed by atoms with Crippen LogP contribution in [0.15, 0.2) is 121 Å². The topological polar surface area (TPSA) is 9.72 Å². The van der Waals surface area contributed by atoms with Crippen LogP contribution in [0.25, 0.3) is 0 Å². The molecule has 0 bridgehead atoms. The van der Waals surface area contributed by atoms with Crippen molar-refractivity contribution in [3.63, 3.8) is 0 Å². The van der Waals surface area contributed by atoms with E-state index in [1.165, 1.54) is 47.4 Å². The van der Waals surface area contributed by atoms with E-state index in [0.29, 0.717) is 11.6 Å². The van der Waals surface area contributed by atoms with Crippen LogP contribution in [0, 0.1) is 0 Å². The molecule has 39 heavy (non-hydrogen) atoms. The summed E-state index contributed by atoms with van der Waals surface area (Å²) in [5.74, 6) is 0.752. The van der Waals surface area contributed by atoms with Crippen LogP contribution in [0.2, 0.25) is 0 Å². The quantitative estimate of drug-likeness (QED) is 0.194. The van der Waals surface area contributed by atoms with Crippen molar-refractivity contribution >= 4 is 26.8 Å². The Bertz CT molecular complexity index is 1190. The van der Waals surface area contributed by atoms with E-state index < -0.39 is 16.1 Å². The first-order valence-electron chi connectivity index (χ1n) is 14.5. The molecule has 2 heterocycles. The van der Waals surface area contributed by atoms with Gasteiger partial charge in [0, 0.05) is 35.8 Å². The zero-order valence-electron chi connectivity index (χ0n) is 22.9. The lowest BCUT2D eigenvalue weighted by molar-refractivity contribution is -0.0531. The Balaban J connectivity index is 1.57. The van der Waals surface area contributed by atoms with Gasteiger partial charge in [0.1, 0.15) is 0 Å². The molecule has 3 nitrogen and oxygen atoms in total. The highest BCUT2D eigenvalue weighted by Gasteiger charge is 2.53. The van der Waals surface area contributed by atoms with Crippen molar-refractivity contribution in [3.05, 3.63) is 132 Å². The van der Waals surface area contributed by atoms with Crippen LogP contribution in [0.4, 0.5) is 0 Å². The molecular weight excluding hydrogens is 512 g/mol. The summed E-state index contributed by atoms with van der Waals surface area (Å²) in [4.78, 5) is 0. The Morgan fingerprint density at radius 1 is 0.641 bits per heavy atom. The number of rotatable bonds is 9. The van der Waals surface area contributed by atoms with Gasteiger partial charge in [0.15, 0.2) is 0 Å². The zero-order valence-corrected chi connectivity index (χ0v) is 24.7. The SMILES string of the molecule is CCCCN(P(c1ccccc1)c1ccccc1)P1[C@H](c2ccccc2)N2CCCCN2[C@H]1c1ccccc1. The molecule has 4 aromatic carbocycles. The second-order valence-corrected chi connectivity index (χ2v) is 15.1. The van der Waals surface area contributed by atoms with Gasteiger partial charge in [-0.15, -0.1) is 0 Å². The standard InChI is InChI=1S/C34H39N3P2/c1-2-3-28-37(38(31-22-12-6-13-23-31)32-24-14-7-15-25-32)39-33(29-18-8-4-9-19-29)35-26-16-17-27-36(35)34(39)30-20-10-5-11-21-30/h4-15,18-25,33-34H,2-3,16-17,26-28H2,1H3/t33-,34-/m1/s1. The average molecular weight is 552 g/mol. The Morgan fingerprint density at radius 3 is 1.46 bits per heavy atom. The van der Waals surface area contributed by atoms with Gasteiger partial charge in [-0.05, 0) is 41.0 Å². The molecule has 6 rings (SSSR count). The molecule has 200 valence electrons. The van der Waals surface area contributed by atoms with E-state index in [0.717, 1.165) is 19.6 Å². The first-order chi connectivity index (χ1) is 19.4. The highest BCUT2D eigenvalue weighted by Crippen LogP contribution is 2.76. The third-order valence-electron chi connectivity index (χ3n) is 7.83. The molecule has 2 saturated heterocycles. The van der Waals surface area contributed by atoms with Crippen LogP contribution in [0.5, 0.6) is 0 Å². The molecule has 0 aromatic heterocycles. The van der Waals surface area contributed by atoms with E-state index in [1.807, 2.05) is 0 Å². The fourth-order valence-electron chi connectivity index (χ4n) is 6.06. The van der Waals surface area contributed by atoms with Crippen LogP contribution in [0.1, 0.15) is 55.3 Å². The molecule has 0 N–H and O–H groups in total. The monoisotopic (exact) mass is 551 g/mol. The van der Waals surface area contributed by atoms with Crippen LogP contribution in [-0.4, -0.2) is 34.1 Å². The van der Waals surface area contributed by atoms with Crippen molar-refractivity contribution in [2.24, 2.45) is 0 Å². The Hall–Kier alpha value is -2.38. The van der Waals surface area contributed by atoms with Gasteiger partial charge in [-0.2, -0.15) is 0 Å². The van der Waals surface area contributed by atoms with Crippen LogP contribution in [-0.2, 0) is 0 Å². The molecule has 4 aromatic rings. The molecule has 0 spiro atoms. The largest absolute Gasteiger partial charge is 0.249 e. The van der Waals surface area contributed by atoms with E-state index in [-0.39, 0.29) is 0 Å². The molecule has 2 aliphatic rings. The number of hydrogen-bond acceptors (Lipinski definition) is 3. The zero-order chi connectivity index (χ0) is 26.4. The minimum Gasteiger partial charge on any atom is -0.249 e. The van der Waals surface area contributed by atoms with Crippen LogP contribution < -0.4 is 10.6 Å². The summed E-state index contributed by atoms with van der Waals surface area (Å²) in [5, 5.41) is 8.45. The van der Waals surface area contributed by atoms with Gasteiger partial charge in [-0.25, -0.2) is 14.5 Å². The van der Waals surface area contributed by atoms with Crippen LogP contribution in [0.3, 0.4) is 0 Å². The summed E-state index contributed by atoms with van der Waals surface area (Å²) < 4.78 is 3.01. The van der Waals surface area contributed by atoms with E-state index in [1.54, 1.807) is 0 Å². The maximum absolute atomic E-state index is 3.01. The van der Waals surface area contributed by atoms with Crippen molar-refractivity contribution in [2.45, 2.75) is 44.2 Å². The fourth-order valence-corrected chi connectivity index (χ4v) is 13.3. The fraction of sp³-hybridized carbons (Fsp3) is 0.294. The van der Waals surface area contributed by atoms with E-state index in [2.05, 4.69) is 143 Å². The molecule has 2 aliphatic heterocycles. The Kier molecular flexibility index (Phi) is 8.84. The first kappa shape index (κ1) is 26.8. The number of hydrazine groups is 1. The van der Waals surface area contributed by atoms with Crippen molar-refractivity contribution < 1.29 is 0 Å². The number of unbranched alkanes of at least 4 members (excludes halogenated alkanes) is 1. The van der Waals surface area contributed by atoms with Gasteiger partial charge >= 0.3 is 0 Å². The molecule has 2 fully saturated rings. The van der Waals surface area contributed by atoms with E-state index in [4.69, 9.17) is 0 Å². The van der Waals surface area contributed by atoms with Crippen LogP contribution >= 0.6 is 16.1 Å². The smallest absolute Gasteiger partial charge is 0.0847 e. The van der Waals surface area contributed by atoms with Gasteiger partial charge < -0.3 is 0 Å². The van der Waals surface area contributed by atoms with Crippen molar-refractivity contribution in [2.75, 3.05) is 19.6 Å². The second-order valence-electron chi connectivity index (χ2n) is 10.4. The maximum atomic E-state index is 3.01. The normalized spacial score (nSPS) is 20.5. The van der Waals surface area contributed by atoms with Crippen molar-refractivity contribution in [1.82, 2.24) is 14.5 Å². The lowest BCUT2D eigenvalue weighted by atomic mass is 10.1. The Morgan fingerprint density at radius 2 is 1.05 bits per heavy atom. The van der Waals surface area contributed by atoms with Crippen molar-refractivity contribution in [3.8, 4) is 0 Å². The predicted molar refractivity (Wildman–Crippen MR) is 169 cm³/mol. The summed E-state index contributed by atoms with van der Waals surface area (Å²) in [6.07, 6.45) is 4.95. The second kappa shape index (κ2) is 12.9. The summed E-state index contributed by atoms with van der Waals surface area (Å²) in [7, 11) is -1.31. The Labute approximate surface area is 237 Å². The highest BCUT2D eigenvalue weighted by molar-refractivity contribution is 7.79. The summed E-state index contributed by atoms with van der Waals surface area (Å²) in [6, 6.07) is 45.5. The molecule has 0 aliphatic carbocycles. The summed E-state index contributed by atoms with van der Waals surface area (Å²) >= 11 is 0. The number of hydrogen-bond donors (Lipinski definition) is 0. The number of nitrogens with zero attached hydrogens (tertiary/aromatic N) is 3. The third kappa shape index (κ3) is 5.62. The molecule has 0 amide bonds. The minimum atomic E-state index is -0.690. The summed E-state index contributed by atoms with van der Waals surface area (Å²) in [6.45, 7) is 5.73. The van der Waals surface area contributed by atoms with Gasteiger partial charge in [0.2, 0.25) is 0 Å². The lowest BCUT2D eigenvalue weighted by Crippen LogP contribution is -2.43. The minimum absolute atomic E-state index is 0.376. The van der Waals surface area contributed by atoms with E-state index in [9.17, 15) is 0 Å². The highest BCUT2D eigenvalue weighted by atomic mass is 31.2. The number of benzene rings is 4. The molecule has 0 unspecified atom stereocenters. The molecule has 5 heteroatoms. The van der Waals surface area contributed by atoms with Gasteiger partial charge in [-0.3, -0.25) is 0 Å². The van der Waals surface area contributed by atoms with Gasteiger partial charge in [0.25, 0.3) is 0 Å². The van der Waals surface area contributed by atoms with E-state index >= 15 is 0 Å². The summed E-state index contributed by atoms with van der Waals surface area (Å²) in [5.41, 5.74) is 2.93. The van der Waals surface area contributed by atoms with Gasteiger partial charge in [0.05, 0.1) is 11.6 Å². The number of fused-ring (bicyclic) bond motifs is 1. The maximum Gasteiger partial charge on any atom is 0.0847 e. The molecule has 2 atom stereocenters. The lowest BCUT2D eigenvalue weighted by Gasteiger charge is -2.42. The third-order valence-corrected chi connectivity index (χ3v) is 14.1. The molecular formula is C34H39N3P2.